The number of piperidine rings is 1. The van der Waals surface area contributed by atoms with Gasteiger partial charge in [0.25, 0.3) is 0 Å². The van der Waals surface area contributed by atoms with Gasteiger partial charge in [0.1, 0.15) is 0 Å². The van der Waals surface area contributed by atoms with Gasteiger partial charge in [-0.25, -0.2) is 0 Å². The number of amides is 2. The first-order valence-electron chi connectivity index (χ1n) is 9.14. The molecule has 0 aromatic carbocycles. The second kappa shape index (κ2) is 6.16. The molecule has 0 aromatic heterocycles. The van der Waals surface area contributed by atoms with Crippen LogP contribution in [0, 0.1) is 22.7 Å². The molecule has 24 heavy (non-hydrogen) atoms. The lowest BCUT2D eigenvalue weighted by atomic mass is 9.74. The van der Waals surface area contributed by atoms with E-state index in [9.17, 15) is 9.59 Å². The fourth-order valence-corrected chi connectivity index (χ4v) is 4.09. The Labute approximate surface area is 147 Å². The molecule has 1 aliphatic carbocycles. The minimum absolute atomic E-state index is 0.00362. The SMILES string of the molecule is C[C@@H](C/C=C/C=C/C(C)(C)C)C(=O)N1C(=O)[C@H]2CC[C@]1(C)C2(C)C. The molecule has 0 N–H and O–H groups in total. The van der Waals surface area contributed by atoms with Crippen molar-refractivity contribution in [1.29, 1.82) is 0 Å². The quantitative estimate of drug-likeness (QED) is 0.698. The summed E-state index contributed by atoms with van der Waals surface area (Å²) < 4.78 is 0. The number of imide groups is 1. The highest BCUT2D eigenvalue weighted by Gasteiger charge is 2.66. The summed E-state index contributed by atoms with van der Waals surface area (Å²) in [6.45, 7) is 14.7. The van der Waals surface area contributed by atoms with Gasteiger partial charge in [0.05, 0.1) is 5.54 Å². The van der Waals surface area contributed by atoms with E-state index in [1.54, 1.807) is 4.90 Å². The van der Waals surface area contributed by atoms with Crippen molar-refractivity contribution in [3.63, 3.8) is 0 Å². The van der Waals surface area contributed by atoms with Crippen molar-refractivity contribution in [3.8, 4) is 0 Å². The summed E-state index contributed by atoms with van der Waals surface area (Å²) >= 11 is 0. The molecule has 0 unspecified atom stereocenters. The molecule has 1 heterocycles. The standard InChI is InChI=1S/C21H33NO2/c1-15(11-9-8-10-13-19(2,3)4)17(23)22-18(24)16-12-14-21(22,7)20(16,5)6/h8-10,13,15-16H,11-12,14H2,1-7H3/b9-8+,13-10+/t15-,16+,21+/m0/s1. The van der Waals surface area contributed by atoms with E-state index in [1.165, 1.54) is 0 Å². The number of carbonyl (C=O) groups is 2. The maximum Gasteiger partial charge on any atom is 0.233 e. The average molecular weight is 332 g/mol. The third-order valence-corrected chi connectivity index (χ3v) is 6.17. The zero-order valence-corrected chi connectivity index (χ0v) is 16.3. The molecule has 1 saturated carbocycles. The Morgan fingerprint density at radius 3 is 2.42 bits per heavy atom. The van der Waals surface area contributed by atoms with Gasteiger partial charge in [0.15, 0.2) is 0 Å². The van der Waals surface area contributed by atoms with E-state index in [0.717, 1.165) is 12.8 Å². The summed E-state index contributed by atoms with van der Waals surface area (Å²) in [5, 5.41) is 0. The van der Waals surface area contributed by atoms with Gasteiger partial charge in [-0.2, -0.15) is 0 Å². The molecule has 2 rings (SSSR count). The van der Waals surface area contributed by atoms with Crippen molar-refractivity contribution in [2.24, 2.45) is 22.7 Å². The van der Waals surface area contributed by atoms with E-state index >= 15 is 0 Å². The molecule has 134 valence electrons. The molecule has 2 bridgehead atoms. The monoisotopic (exact) mass is 331 g/mol. The topological polar surface area (TPSA) is 37.4 Å². The van der Waals surface area contributed by atoms with Crippen molar-refractivity contribution in [1.82, 2.24) is 4.90 Å². The Hall–Kier alpha value is -1.38. The fourth-order valence-electron chi connectivity index (χ4n) is 4.09. The second-order valence-corrected chi connectivity index (χ2v) is 9.39. The van der Waals surface area contributed by atoms with Crippen LogP contribution in [0.4, 0.5) is 0 Å². The molecule has 2 amide bonds. The normalized spacial score (nSPS) is 30.7. The molecule has 2 fully saturated rings. The van der Waals surface area contributed by atoms with E-state index in [-0.39, 0.29) is 40.0 Å². The molecule has 3 heteroatoms. The summed E-state index contributed by atoms with van der Waals surface area (Å²) in [7, 11) is 0. The Kier molecular flexibility index (Phi) is 4.87. The van der Waals surface area contributed by atoms with E-state index < -0.39 is 0 Å². The van der Waals surface area contributed by atoms with Crippen LogP contribution in [0.25, 0.3) is 0 Å². The van der Waals surface area contributed by atoms with Crippen LogP contribution in [0.5, 0.6) is 0 Å². The molecule has 3 nitrogen and oxygen atoms in total. The maximum absolute atomic E-state index is 12.9. The van der Waals surface area contributed by atoms with Crippen molar-refractivity contribution < 1.29 is 9.59 Å². The molecule has 1 saturated heterocycles. The number of likely N-dealkylation sites (tertiary alicyclic amines) is 1. The Morgan fingerprint density at radius 2 is 1.92 bits per heavy atom. The first-order valence-corrected chi connectivity index (χ1v) is 9.14. The van der Waals surface area contributed by atoms with Crippen molar-refractivity contribution in [2.45, 2.75) is 73.3 Å². The van der Waals surface area contributed by atoms with Gasteiger partial charge in [-0.15, -0.1) is 0 Å². The lowest BCUT2D eigenvalue weighted by Crippen LogP contribution is -2.53. The van der Waals surface area contributed by atoms with Gasteiger partial charge in [-0.05, 0) is 37.0 Å². The number of rotatable bonds is 4. The molecular formula is C21H33NO2. The fraction of sp³-hybridized carbons (Fsp3) is 0.714. The number of allylic oxidation sites excluding steroid dienone is 4. The van der Waals surface area contributed by atoms with E-state index in [4.69, 9.17) is 0 Å². The molecule has 1 aliphatic heterocycles. The van der Waals surface area contributed by atoms with Crippen molar-refractivity contribution in [3.05, 3.63) is 24.3 Å². The first kappa shape index (κ1) is 19.0. The van der Waals surface area contributed by atoms with Crippen molar-refractivity contribution >= 4 is 11.8 Å². The smallest absolute Gasteiger partial charge is 0.233 e. The van der Waals surface area contributed by atoms with Crippen LogP contribution in [-0.2, 0) is 9.59 Å². The first-order chi connectivity index (χ1) is 10.9. The van der Waals surface area contributed by atoms with Crippen LogP contribution < -0.4 is 0 Å². The van der Waals surface area contributed by atoms with E-state index in [1.807, 2.05) is 25.2 Å². The largest absolute Gasteiger partial charge is 0.276 e. The highest BCUT2D eigenvalue weighted by Crippen LogP contribution is 2.59. The van der Waals surface area contributed by atoms with Crippen LogP contribution in [-0.4, -0.2) is 22.3 Å². The van der Waals surface area contributed by atoms with Crippen molar-refractivity contribution in [2.75, 3.05) is 0 Å². The zero-order valence-electron chi connectivity index (χ0n) is 16.3. The molecule has 2 aliphatic rings. The van der Waals surface area contributed by atoms with Crippen LogP contribution in [0.3, 0.4) is 0 Å². The number of fused-ring (bicyclic) bond motifs is 2. The number of carbonyl (C=O) groups excluding carboxylic acids is 2. The summed E-state index contributed by atoms with van der Waals surface area (Å²) in [6.07, 6.45) is 10.7. The summed E-state index contributed by atoms with van der Waals surface area (Å²) in [5.41, 5.74) is -0.284. The van der Waals surface area contributed by atoms with Crippen LogP contribution in [0.1, 0.15) is 67.7 Å². The number of nitrogens with zero attached hydrogens (tertiary/aromatic N) is 1. The minimum Gasteiger partial charge on any atom is -0.276 e. The van der Waals surface area contributed by atoms with E-state index in [2.05, 4.69) is 47.6 Å². The van der Waals surface area contributed by atoms with Gasteiger partial charge in [0.2, 0.25) is 11.8 Å². The Morgan fingerprint density at radius 1 is 1.29 bits per heavy atom. The molecular weight excluding hydrogens is 298 g/mol. The van der Waals surface area contributed by atoms with Gasteiger partial charge in [-0.1, -0.05) is 65.8 Å². The van der Waals surface area contributed by atoms with Crippen LogP contribution in [0.15, 0.2) is 24.3 Å². The summed E-state index contributed by atoms with van der Waals surface area (Å²) in [5.74, 6) is -0.131. The Balaban J connectivity index is 2.03. The lowest BCUT2D eigenvalue weighted by Gasteiger charge is -2.41. The predicted octanol–water partition coefficient (Wildman–Crippen LogP) is 4.73. The van der Waals surface area contributed by atoms with Gasteiger partial charge >= 0.3 is 0 Å². The second-order valence-electron chi connectivity index (χ2n) is 9.39. The highest BCUT2D eigenvalue weighted by molar-refractivity contribution is 6.01. The van der Waals surface area contributed by atoms with Crippen LogP contribution in [0.2, 0.25) is 0 Å². The van der Waals surface area contributed by atoms with Crippen LogP contribution >= 0.6 is 0 Å². The molecule has 3 atom stereocenters. The average Bonchev–Trinajstić information content (AvgIpc) is 2.75. The predicted molar refractivity (Wildman–Crippen MR) is 98.3 cm³/mol. The molecule has 0 radical (unpaired) electrons. The number of hydrogen-bond acceptors (Lipinski definition) is 2. The third kappa shape index (κ3) is 3.10. The highest BCUT2D eigenvalue weighted by atomic mass is 16.2. The van der Waals surface area contributed by atoms with Gasteiger partial charge in [-0.3, -0.25) is 14.5 Å². The van der Waals surface area contributed by atoms with Gasteiger partial charge in [0, 0.05) is 11.8 Å². The van der Waals surface area contributed by atoms with Gasteiger partial charge < -0.3 is 0 Å². The Bertz CT molecular complexity index is 579. The minimum atomic E-state index is -0.323. The molecule has 0 aromatic rings. The zero-order chi connectivity index (χ0) is 18.3. The molecule has 0 spiro atoms. The maximum atomic E-state index is 12.9. The number of hydrogen-bond donors (Lipinski definition) is 0. The van der Waals surface area contributed by atoms with E-state index in [0.29, 0.717) is 6.42 Å². The summed E-state index contributed by atoms with van der Waals surface area (Å²) in [6, 6.07) is 0. The summed E-state index contributed by atoms with van der Waals surface area (Å²) in [4.78, 5) is 27.2. The lowest BCUT2D eigenvalue weighted by molar-refractivity contribution is -0.153. The third-order valence-electron chi connectivity index (χ3n) is 6.17.